The quantitative estimate of drug-likeness (QED) is 0.471. The Hall–Kier alpha value is -2.11. The van der Waals surface area contributed by atoms with E-state index in [1.54, 1.807) is 0 Å². The van der Waals surface area contributed by atoms with E-state index in [0.29, 0.717) is 0 Å². The molecule has 11 heteroatoms. The summed E-state index contributed by atoms with van der Waals surface area (Å²) >= 11 is 0. The summed E-state index contributed by atoms with van der Waals surface area (Å²) in [5, 5.41) is 31.7. The number of urea groups is 1. The summed E-state index contributed by atoms with van der Waals surface area (Å²) in [4.78, 5) is 15.1. The predicted molar refractivity (Wildman–Crippen MR) is 71.9 cm³/mol. The first-order chi connectivity index (χ1) is 10.7. The number of hydrogen-bond acceptors (Lipinski definition) is 6. The average molecular weight is 339 g/mol. The third-order valence-corrected chi connectivity index (χ3v) is 2.54. The Labute approximate surface area is 128 Å². The van der Waals surface area contributed by atoms with Crippen LogP contribution in [-0.2, 0) is 0 Å². The fourth-order valence-corrected chi connectivity index (χ4v) is 1.30. The van der Waals surface area contributed by atoms with E-state index in [4.69, 9.17) is 10.2 Å². The highest BCUT2D eigenvalue weighted by Crippen LogP contribution is 2.19. The average Bonchev–Trinajstić information content (AvgIpc) is 2.50. The molecule has 0 atom stereocenters. The maximum atomic E-state index is 12.0. The molecule has 0 aromatic carbocycles. The van der Waals surface area contributed by atoms with Gasteiger partial charge in [0.2, 0.25) is 5.88 Å². The molecule has 0 spiro atoms. The number of ether oxygens (including phenoxy) is 1. The molecule has 0 radical (unpaired) electrons. The molecule has 0 aliphatic heterocycles. The number of rotatable bonds is 7. The number of halogens is 3. The van der Waals surface area contributed by atoms with Gasteiger partial charge in [0.1, 0.15) is 5.60 Å². The number of aliphatic hydroxyl groups excluding tert-OH is 2. The second-order valence-corrected chi connectivity index (χ2v) is 4.63. The van der Waals surface area contributed by atoms with Gasteiger partial charge in [0.05, 0.1) is 19.8 Å². The third-order valence-electron chi connectivity index (χ3n) is 2.54. The number of nitrogens with one attached hydrogen (secondary N) is 2. The molecule has 8 nitrogen and oxygen atoms in total. The minimum atomic E-state index is -4.51. The largest absolute Gasteiger partial charge is 0.468 e. The number of carbonyl (C=O) groups is 1. The van der Waals surface area contributed by atoms with Gasteiger partial charge in [0, 0.05) is 18.0 Å². The lowest BCUT2D eigenvalue weighted by atomic mass is 10.1. The molecular formula is C12H16F3N3O5. The number of nitrogens with zero attached hydrogens (tertiary/aromatic N) is 1. The van der Waals surface area contributed by atoms with Crippen molar-refractivity contribution in [3.05, 3.63) is 18.3 Å². The summed E-state index contributed by atoms with van der Waals surface area (Å²) in [6, 6.07) is 1.58. The Bertz CT molecular complexity index is 523. The molecule has 0 fully saturated rings. The van der Waals surface area contributed by atoms with Gasteiger partial charge in [-0.3, -0.25) is 0 Å². The lowest BCUT2D eigenvalue weighted by Crippen LogP contribution is -2.49. The lowest BCUT2D eigenvalue weighted by molar-refractivity contribution is -0.154. The van der Waals surface area contributed by atoms with Crippen LogP contribution in [0.25, 0.3) is 0 Å². The molecule has 5 N–H and O–H groups in total. The second-order valence-electron chi connectivity index (χ2n) is 4.63. The SMILES string of the molecule is O=C(NCC(O)(CO)CO)Nc1ccnc(OCC(F)(F)F)c1. The van der Waals surface area contributed by atoms with E-state index in [1.807, 2.05) is 0 Å². The normalized spacial score (nSPS) is 11.9. The molecule has 1 aromatic heterocycles. The molecule has 0 bridgehead atoms. The van der Waals surface area contributed by atoms with Gasteiger partial charge in [-0.25, -0.2) is 9.78 Å². The predicted octanol–water partition coefficient (Wildman–Crippen LogP) is -0.140. The van der Waals surface area contributed by atoms with Gasteiger partial charge in [-0.2, -0.15) is 13.2 Å². The van der Waals surface area contributed by atoms with Crippen LogP contribution in [0.3, 0.4) is 0 Å². The Morgan fingerprint density at radius 3 is 2.52 bits per heavy atom. The summed E-state index contributed by atoms with van der Waals surface area (Å²) in [6.45, 7) is -3.49. The van der Waals surface area contributed by atoms with Crippen LogP contribution in [0.2, 0.25) is 0 Å². The number of alkyl halides is 3. The Morgan fingerprint density at radius 1 is 1.30 bits per heavy atom. The standard InChI is InChI=1S/C12H16F3N3O5/c13-12(14,15)7-23-9-3-8(1-2-16-9)18-10(21)17-4-11(22,5-19)6-20/h1-3,19-20,22H,4-7H2,(H2,16,17,18,21). The van der Waals surface area contributed by atoms with Crippen molar-refractivity contribution in [1.82, 2.24) is 10.3 Å². The van der Waals surface area contributed by atoms with Crippen molar-refractivity contribution in [2.45, 2.75) is 11.8 Å². The molecule has 1 aromatic rings. The van der Waals surface area contributed by atoms with E-state index in [9.17, 15) is 23.1 Å². The number of amides is 2. The number of pyridine rings is 1. The number of aliphatic hydroxyl groups is 3. The molecule has 0 unspecified atom stereocenters. The van der Waals surface area contributed by atoms with Gasteiger partial charge in [-0.05, 0) is 6.07 Å². The molecule has 0 aliphatic rings. The van der Waals surface area contributed by atoms with E-state index < -0.39 is 44.2 Å². The smallest absolute Gasteiger partial charge is 0.422 e. The summed E-state index contributed by atoms with van der Waals surface area (Å²) in [7, 11) is 0. The summed E-state index contributed by atoms with van der Waals surface area (Å²) in [6.07, 6.45) is -3.37. The van der Waals surface area contributed by atoms with E-state index in [1.165, 1.54) is 6.07 Å². The highest BCUT2D eigenvalue weighted by atomic mass is 19.4. The van der Waals surface area contributed by atoms with Crippen LogP contribution in [0, 0.1) is 0 Å². The minimum absolute atomic E-state index is 0.103. The van der Waals surface area contributed by atoms with Gasteiger partial charge in [-0.15, -0.1) is 0 Å². The lowest BCUT2D eigenvalue weighted by Gasteiger charge is -2.23. The Kier molecular flexibility index (Phi) is 6.54. The number of anilines is 1. The van der Waals surface area contributed by atoms with Crippen molar-refractivity contribution in [1.29, 1.82) is 0 Å². The number of aromatic nitrogens is 1. The van der Waals surface area contributed by atoms with Crippen LogP contribution < -0.4 is 15.4 Å². The maximum absolute atomic E-state index is 12.0. The van der Waals surface area contributed by atoms with Crippen LogP contribution in [-0.4, -0.2) is 64.5 Å². The zero-order chi connectivity index (χ0) is 17.5. The summed E-state index contributed by atoms with van der Waals surface area (Å²) in [5.74, 6) is -0.331. The van der Waals surface area contributed by atoms with Crippen molar-refractivity contribution < 1.29 is 38.0 Å². The third kappa shape index (κ3) is 7.13. The molecule has 1 rings (SSSR count). The topological polar surface area (TPSA) is 124 Å². The van der Waals surface area contributed by atoms with Gasteiger partial charge in [0.15, 0.2) is 6.61 Å². The highest BCUT2D eigenvalue weighted by Gasteiger charge is 2.28. The van der Waals surface area contributed by atoms with Gasteiger partial charge >= 0.3 is 12.2 Å². The number of carbonyl (C=O) groups excluding carboxylic acids is 1. The van der Waals surface area contributed by atoms with Crippen molar-refractivity contribution in [2.24, 2.45) is 0 Å². The Balaban J connectivity index is 2.55. The van der Waals surface area contributed by atoms with Crippen LogP contribution >= 0.6 is 0 Å². The van der Waals surface area contributed by atoms with E-state index in [-0.39, 0.29) is 11.6 Å². The molecule has 0 saturated heterocycles. The zero-order valence-electron chi connectivity index (χ0n) is 11.8. The summed E-state index contributed by atoms with van der Waals surface area (Å²) < 4.78 is 40.5. The van der Waals surface area contributed by atoms with Crippen molar-refractivity contribution >= 4 is 11.7 Å². The molecule has 2 amide bonds. The second kappa shape index (κ2) is 7.94. The maximum Gasteiger partial charge on any atom is 0.422 e. The summed E-state index contributed by atoms with van der Waals surface area (Å²) in [5.41, 5.74) is -1.78. The minimum Gasteiger partial charge on any atom is -0.468 e. The van der Waals surface area contributed by atoms with E-state index >= 15 is 0 Å². The zero-order valence-corrected chi connectivity index (χ0v) is 11.8. The van der Waals surface area contributed by atoms with Gasteiger partial charge < -0.3 is 30.7 Å². The first-order valence-electron chi connectivity index (χ1n) is 6.32. The van der Waals surface area contributed by atoms with Crippen molar-refractivity contribution in [2.75, 3.05) is 31.7 Å². The number of hydrogen-bond donors (Lipinski definition) is 5. The molecular weight excluding hydrogens is 323 g/mol. The molecule has 130 valence electrons. The monoisotopic (exact) mass is 339 g/mol. The van der Waals surface area contributed by atoms with E-state index in [0.717, 1.165) is 12.3 Å². The van der Waals surface area contributed by atoms with Crippen LogP contribution in [0.15, 0.2) is 18.3 Å². The molecule has 0 saturated carbocycles. The first kappa shape index (κ1) is 18.9. The van der Waals surface area contributed by atoms with E-state index in [2.05, 4.69) is 20.4 Å². The molecule has 23 heavy (non-hydrogen) atoms. The van der Waals surface area contributed by atoms with Crippen LogP contribution in [0.5, 0.6) is 5.88 Å². The van der Waals surface area contributed by atoms with Gasteiger partial charge in [0.25, 0.3) is 0 Å². The fourth-order valence-electron chi connectivity index (χ4n) is 1.30. The van der Waals surface area contributed by atoms with Crippen molar-refractivity contribution in [3.63, 3.8) is 0 Å². The fraction of sp³-hybridized carbons (Fsp3) is 0.500. The van der Waals surface area contributed by atoms with Gasteiger partial charge in [-0.1, -0.05) is 0 Å². The van der Waals surface area contributed by atoms with Crippen LogP contribution in [0.4, 0.5) is 23.7 Å². The highest BCUT2D eigenvalue weighted by molar-refractivity contribution is 5.89. The Morgan fingerprint density at radius 2 is 1.96 bits per heavy atom. The van der Waals surface area contributed by atoms with Crippen LogP contribution in [0.1, 0.15) is 0 Å². The first-order valence-corrected chi connectivity index (χ1v) is 6.32. The van der Waals surface area contributed by atoms with Crippen molar-refractivity contribution in [3.8, 4) is 5.88 Å². The molecule has 1 heterocycles. The molecule has 0 aliphatic carbocycles.